The quantitative estimate of drug-likeness (QED) is 0.323. The van der Waals surface area contributed by atoms with Crippen molar-refractivity contribution in [2.75, 3.05) is 11.9 Å². The molecule has 8 nitrogen and oxygen atoms in total. The minimum absolute atomic E-state index is 0.117. The second-order valence-corrected chi connectivity index (χ2v) is 10.4. The summed E-state index contributed by atoms with van der Waals surface area (Å²) >= 11 is 6.27. The fourth-order valence-electron chi connectivity index (χ4n) is 3.77. The number of halogens is 1. The standard InChI is InChI=1S/C25H22ClN5O3S/c1-4-34-19-9-7-18(8-10-19)27-23-21-14-17(26)6-12-22(21)31-24(28-23)25(29-30-31)35(32,33)20-11-5-15(2)16(3)13-20/h5-14H,4H2,1-3H3,(H,27,28). The van der Waals surface area contributed by atoms with Crippen LogP contribution in [0, 0.1) is 13.8 Å². The van der Waals surface area contributed by atoms with Crippen molar-refractivity contribution in [3.8, 4) is 5.75 Å². The highest BCUT2D eigenvalue weighted by Crippen LogP contribution is 2.32. The lowest BCUT2D eigenvalue weighted by Crippen LogP contribution is -2.06. The highest BCUT2D eigenvalue weighted by Gasteiger charge is 2.27. The minimum Gasteiger partial charge on any atom is -0.494 e. The largest absolute Gasteiger partial charge is 0.494 e. The molecular weight excluding hydrogens is 486 g/mol. The van der Waals surface area contributed by atoms with E-state index in [2.05, 4.69) is 20.6 Å². The Hall–Kier alpha value is -3.69. The van der Waals surface area contributed by atoms with Crippen LogP contribution in [0.15, 0.2) is 70.6 Å². The molecule has 3 aromatic carbocycles. The van der Waals surface area contributed by atoms with Gasteiger partial charge in [-0.15, -0.1) is 5.10 Å². The van der Waals surface area contributed by atoms with Gasteiger partial charge in [-0.3, -0.25) is 0 Å². The van der Waals surface area contributed by atoms with Crippen LogP contribution >= 0.6 is 11.6 Å². The number of aryl methyl sites for hydroxylation is 2. The van der Waals surface area contributed by atoms with Gasteiger partial charge in [0, 0.05) is 16.1 Å². The Kier molecular flexibility index (Phi) is 5.82. The van der Waals surface area contributed by atoms with Crippen LogP contribution in [0.5, 0.6) is 5.75 Å². The number of nitrogens with zero attached hydrogens (tertiary/aromatic N) is 4. The van der Waals surface area contributed by atoms with Gasteiger partial charge in [-0.05, 0) is 86.5 Å². The third kappa shape index (κ3) is 4.17. The average Bonchev–Trinajstić information content (AvgIpc) is 3.27. The number of aromatic nitrogens is 4. The van der Waals surface area contributed by atoms with Crippen LogP contribution in [-0.2, 0) is 9.84 Å². The van der Waals surface area contributed by atoms with E-state index in [9.17, 15) is 8.42 Å². The van der Waals surface area contributed by atoms with E-state index in [0.717, 1.165) is 22.6 Å². The SMILES string of the molecule is CCOc1ccc(Nc2nc3c(S(=O)(=O)c4ccc(C)c(C)c4)nnn3c3ccc(Cl)cc23)cc1. The Morgan fingerprint density at radius 3 is 2.49 bits per heavy atom. The van der Waals surface area contributed by atoms with Crippen molar-refractivity contribution < 1.29 is 13.2 Å². The number of fused-ring (bicyclic) bond motifs is 3. The van der Waals surface area contributed by atoms with Crippen LogP contribution in [0.3, 0.4) is 0 Å². The van der Waals surface area contributed by atoms with Gasteiger partial charge in [0.15, 0.2) is 5.65 Å². The minimum atomic E-state index is -3.97. The van der Waals surface area contributed by atoms with E-state index >= 15 is 0 Å². The number of ether oxygens (including phenoxy) is 1. The van der Waals surface area contributed by atoms with Crippen LogP contribution in [-0.4, -0.2) is 34.8 Å². The van der Waals surface area contributed by atoms with E-state index in [1.54, 1.807) is 36.4 Å². The summed E-state index contributed by atoms with van der Waals surface area (Å²) in [6, 6.07) is 17.6. The maximum Gasteiger partial charge on any atom is 0.229 e. The van der Waals surface area contributed by atoms with Gasteiger partial charge in [0.25, 0.3) is 0 Å². The molecule has 1 N–H and O–H groups in total. The van der Waals surface area contributed by atoms with Crippen molar-refractivity contribution in [3.63, 3.8) is 0 Å². The molecule has 0 bridgehead atoms. The van der Waals surface area contributed by atoms with Crippen molar-refractivity contribution in [2.24, 2.45) is 0 Å². The third-order valence-electron chi connectivity index (χ3n) is 5.75. The molecule has 0 radical (unpaired) electrons. The number of hydrogen-bond acceptors (Lipinski definition) is 7. The van der Waals surface area contributed by atoms with Gasteiger partial charge < -0.3 is 10.1 Å². The van der Waals surface area contributed by atoms with Crippen molar-refractivity contribution >= 4 is 49.5 Å². The van der Waals surface area contributed by atoms with Crippen LogP contribution in [0.25, 0.3) is 16.6 Å². The number of nitrogens with one attached hydrogen (secondary N) is 1. The first kappa shape index (κ1) is 23.1. The van der Waals surface area contributed by atoms with Gasteiger partial charge in [0.1, 0.15) is 11.6 Å². The lowest BCUT2D eigenvalue weighted by molar-refractivity contribution is 0.340. The average molecular weight is 508 g/mol. The summed E-state index contributed by atoms with van der Waals surface area (Å²) in [5.41, 5.74) is 3.35. The van der Waals surface area contributed by atoms with Crippen molar-refractivity contribution in [3.05, 3.63) is 76.8 Å². The molecule has 2 aromatic heterocycles. The summed E-state index contributed by atoms with van der Waals surface area (Å²) in [7, 11) is -3.97. The fourth-order valence-corrected chi connectivity index (χ4v) is 5.26. The molecule has 5 rings (SSSR count). The van der Waals surface area contributed by atoms with Crippen LogP contribution in [0.1, 0.15) is 18.1 Å². The molecule has 2 heterocycles. The Balaban J connectivity index is 1.69. The summed E-state index contributed by atoms with van der Waals surface area (Å²) < 4.78 is 34.0. The molecule has 35 heavy (non-hydrogen) atoms. The fraction of sp³-hybridized carbons (Fsp3) is 0.160. The Labute approximate surface area is 207 Å². The molecule has 5 aromatic rings. The van der Waals surface area contributed by atoms with Crippen LogP contribution < -0.4 is 10.1 Å². The second-order valence-electron chi connectivity index (χ2n) is 8.08. The second kappa shape index (κ2) is 8.83. The number of anilines is 2. The lowest BCUT2D eigenvalue weighted by Gasteiger charge is -2.12. The molecule has 178 valence electrons. The first-order valence-electron chi connectivity index (χ1n) is 10.9. The molecule has 0 unspecified atom stereocenters. The molecule has 10 heteroatoms. The molecular formula is C25H22ClN5O3S. The van der Waals surface area contributed by atoms with E-state index in [0.29, 0.717) is 28.4 Å². The maximum absolute atomic E-state index is 13.5. The number of benzene rings is 3. The summed E-state index contributed by atoms with van der Waals surface area (Å²) in [5.74, 6) is 1.18. The summed E-state index contributed by atoms with van der Waals surface area (Å²) in [6.45, 7) is 6.29. The topological polar surface area (TPSA) is 98.5 Å². The first-order valence-corrected chi connectivity index (χ1v) is 12.8. The van der Waals surface area contributed by atoms with E-state index in [-0.39, 0.29) is 15.6 Å². The Bertz CT molecular complexity index is 1680. The van der Waals surface area contributed by atoms with Crippen molar-refractivity contribution in [2.45, 2.75) is 30.7 Å². The predicted octanol–water partition coefficient (Wildman–Crippen LogP) is 5.52. The molecule has 0 aliphatic rings. The number of hydrogen-bond donors (Lipinski definition) is 1. The number of rotatable bonds is 6. The molecule has 0 fully saturated rings. The first-order chi connectivity index (χ1) is 16.8. The Morgan fingerprint density at radius 2 is 1.77 bits per heavy atom. The van der Waals surface area contributed by atoms with Crippen molar-refractivity contribution in [1.82, 2.24) is 19.8 Å². The van der Waals surface area contributed by atoms with Crippen molar-refractivity contribution in [1.29, 1.82) is 0 Å². The molecule has 0 saturated heterocycles. The van der Waals surface area contributed by atoms with Gasteiger partial charge in [-0.25, -0.2) is 13.4 Å². The predicted molar refractivity (Wildman–Crippen MR) is 136 cm³/mol. The van der Waals surface area contributed by atoms with Crippen LogP contribution in [0.4, 0.5) is 11.5 Å². The molecule has 0 amide bonds. The third-order valence-corrected chi connectivity index (χ3v) is 7.63. The zero-order valence-electron chi connectivity index (χ0n) is 19.3. The summed E-state index contributed by atoms with van der Waals surface area (Å²) in [4.78, 5) is 4.79. The monoisotopic (exact) mass is 507 g/mol. The molecule has 0 saturated carbocycles. The highest BCUT2D eigenvalue weighted by atomic mass is 35.5. The zero-order chi connectivity index (χ0) is 24.7. The normalized spacial score (nSPS) is 11.8. The van der Waals surface area contributed by atoms with Crippen LogP contribution in [0.2, 0.25) is 5.02 Å². The van der Waals surface area contributed by atoms with Gasteiger partial charge in [0.2, 0.25) is 14.9 Å². The molecule has 0 atom stereocenters. The number of sulfone groups is 1. The van der Waals surface area contributed by atoms with Gasteiger partial charge >= 0.3 is 0 Å². The molecule has 0 spiro atoms. The highest BCUT2D eigenvalue weighted by molar-refractivity contribution is 7.91. The van der Waals surface area contributed by atoms with E-state index in [1.807, 2.05) is 45.0 Å². The molecule has 0 aliphatic carbocycles. The zero-order valence-corrected chi connectivity index (χ0v) is 20.9. The van der Waals surface area contributed by atoms with Gasteiger partial charge in [-0.1, -0.05) is 22.9 Å². The Morgan fingerprint density at radius 1 is 1.00 bits per heavy atom. The lowest BCUT2D eigenvalue weighted by atomic mass is 10.1. The van der Waals surface area contributed by atoms with E-state index in [1.165, 1.54) is 4.52 Å². The summed E-state index contributed by atoms with van der Waals surface area (Å²) in [6.07, 6.45) is 0. The van der Waals surface area contributed by atoms with E-state index < -0.39 is 9.84 Å². The van der Waals surface area contributed by atoms with Gasteiger partial charge in [0.05, 0.1) is 17.0 Å². The van der Waals surface area contributed by atoms with E-state index in [4.69, 9.17) is 16.3 Å². The smallest absolute Gasteiger partial charge is 0.229 e. The van der Waals surface area contributed by atoms with Gasteiger partial charge in [-0.2, -0.15) is 4.52 Å². The molecule has 0 aliphatic heterocycles. The summed E-state index contributed by atoms with van der Waals surface area (Å²) in [5, 5.41) is 12.4. The maximum atomic E-state index is 13.5.